The zero-order chi connectivity index (χ0) is 14.7. The summed E-state index contributed by atoms with van der Waals surface area (Å²) in [5.74, 6) is -1.37. The van der Waals surface area contributed by atoms with Crippen LogP contribution in [0, 0.1) is 5.82 Å². The fourth-order valence-corrected chi connectivity index (χ4v) is 2.34. The van der Waals surface area contributed by atoms with Gasteiger partial charge in [-0.3, -0.25) is 0 Å². The van der Waals surface area contributed by atoms with E-state index in [0.717, 1.165) is 10.5 Å². The molecule has 3 nitrogen and oxygen atoms in total. The van der Waals surface area contributed by atoms with Gasteiger partial charge in [-0.25, -0.2) is 9.18 Å². The van der Waals surface area contributed by atoms with Crippen molar-refractivity contribution in [2.24, 2.45) is 0 Å². The number of benzene rings is 2. The summed E-state index contributed by atoms with van der Waals surface area (Å²) >= 11 is 9.26. The maximum Gasteiger partial charge on any atom is 0.335 e. The van der Waals surface area contributed by atoms with Crippen LogP contribution < -0.4 is 4.74 Å². The molecule has 0 unspecified atom stereocenters. The predicted octanol–water partition coefficient (Wildman–Crippen LogP) is 4.52. The number of ether oxygens (including phenoxy) is 1. The van der Waals surface area contributed by atoms with Gasteiger partial charge in [-0.1, -0.05) is 27.5 Å². The van der Waals surface area contributed by atoms with E-state index < -0.39 is 11.8 Å². The molecule has 0 spiro atoms. The summed E-state index contributed by atoms with van der Waals surface area (Å²) in [6, 6.07) is 8.64. The van der Waals surface area contributed by atoms with Crippen molar-refractivity contribution in [3.8, 4) is 5.75 Å². The Kier molecular flexibility index (Phi) is 4.62. The highest BCUT2D eigenvalue weighted by Crippen LogP contribution is 2.28. The van der Waals surface area contributed by atoms with Crippen molar-refractivity contribution in [2.75, 3.05) is 0 Å². The fourth-order valence-electron chi connectivity index (χ4n) is 1.61. The summed E-state index contributed by atoms with van der Waals surface area (Å²) in [6.45, 7) is 0.0272. The lowest BCUT2D eigenvalue weighted by Gasteiger charge is -2.09. The molecule has 104 valence electrons. The summed E-state index contributed by atoms with van der Waals surface area (Å²) in [5.41, 5.74) is 0.298. The molecule has 1 N–H and O–H groups in total. The van der Waals surface area contributed by atoms with Crippen LogP contribution in [0.1, 0.15) is 15.9 Å². The highest BCUT2D eigenvalue weighted by atomic mass is 79.9. The Labute approximate surface area is 128 Å². The van der Waals surface area contributed by atoms with Gasteiger partial charge in [0, 0.05) is 4.47 Å². The molecule has 0 bridgehead atoms. The molecule has 0 fully saturated rings. The zero-order valence-corrected chi connectivity index (χ0v) is 12.4. The second-order valence-electron chi connectivity index (χ2n) is 4.02. The molecule has 0 aromatic heterocycles. The average molecular weight is 360 g/mol. The Hall–Kier alpha value is -1.59. The Morgan fingerprint density at radius 2 is 2.05 bits per heavy atom. The van der Waals surface area contributed by atoms with Gasteiger partial charge in [0.2, 0.25) is 0 Å². The van der Waals surface area contributed by atoms with E-state index in [-0.39, 0.29) is 12.2 Å². The summed E-state index contributed by atoms with van der Waals surface area (Å²) in [5, 5.41) is 9.27. The molecule has 0 radical (unpaired) electrons. The molecule has 0 aliphatic carbocycles. The molecule has 0 atom stereocenters. The van der Waals surface area contributed by atoms with Crippen molar-refractivity contribution >= 4 is 33.5 Å². The monoisotopic (exact) mass is 358 g/mol. The number of hydrogen-bond acceptors (Lipinski definition) is 2. The van der Waals surface area contributed by atoms with E-state index in [1.165, 1.54) is 12.1 Å². The van der Waals surface area contributed by atoms with Gasteiger partial charge in [0.15, 0.2) is 0 Å². The lowest BCUT2D eigenvalue weighted by molar-refractivity contribution is 0.0696. The van der Waals surface area contributed by atoms with Gasteiger partial charge < -0.3 is 9.84 Å². The maximum atomic E-state index is 13.3. The second kappa shape index (κ2) is 6.24. The number of rotatable bonds is 4. The van der Waals surface area contributed by atoms with Gasteiger partial charge in [0.05, 0.1) is 10.6 Å². The van der Waals surface area contributed by atoms with Crippen molar-refractivity contribution in [3.05, 3.63) is 62.8 Å². The summed E-state index contributed by atoms with van der Waals surface area (Å²) in [6.07, 6.45) is 0. The summed E-state index contributed by atoms with van der Waals surface area (Å²) < 4.78 is 19.6. The van der Waals surface area contributed by atoms with Crippen LogP contribution in [0.3, 0.4) is 0 Å². The van der Waals surface area contributed by atoms with E-state index >= 15 is 0 Å². The van der Waals surface area contributed by atoms with Crippen molar-refractivity contribution in [1.82, 2.24) is 0 Å². The topological polar surface area (TPSA) is 46.5 Å². The summed E-state index contributed by atoms with van der Waals surface area (Å²) in [4.78, 5) is 10.8. The Morgan fingerprint density at radius 1 is 1.30 bits per heavy atom. The van der Waals surface area contributed by atoms with E-state index in [4.69, 9.17) is 21.4 Å². The third-order valence-corrected chi connectivity index (χ3v) is 3.28. The maximum absolute atomic E-state index is 13.3. The first-order valence-electron chi connectivity index (χ1n) is 5.56. The molecule has 0 amide bonds. The smallest absolute Gasteiger partial charge is 0.335 e. The number of carboxylic acid groups (broad SMARTS) is 1. The van der Waals surface area contributed by atoms with Crippen LogP contribution in [-0.4, -0.2) is 11.1 Å². The van der Waals surface area contributed by atoms with Crippen molar-refractivity contribution in [1.29, 1.82) is 0 Å². The molecule has 0 aliphatic heterocycles. The van der Waals surface area contributed by atoms with E-state index in [1.54, 1.807) is 18.2 Å². The van der Waals surface area contributed by atoms with Gasteiger partial charge in [-0.15, -0.1) is 0 Å². The first kappa shape index (κ1) is 14.8. The first-order chi connectivity index (χ1) is 9.45. The van der Waals surface area contributed by atoms with Crippen LogP contribution in [0.25, 0.3) is 0 Å². The molecule has 0 saturated heterocycles. The minimum absolute atomic E-state index is 0.0272. The van der Waals surface area contributed by atoms with Crippen LogP contribution in [0.5, 0.6) is 5.75 Å². The lowest BCUT2D eigenvalue weighted by Crippen LogP contribution is -2.02. The Balaban J connectivity index is 2.16. The third-order valence-electron chi connectivity index (χ3n) is 2.49. The van der Waals surface area contributed by atoms with Gasteiger partial charge in [-0.2, -0.15) is 0 Å². The minimum Gasteiger partial charge on any atom is -0.487 e. The van der Waals surface area contributed by atoms with E-state index in [9.17, 15) is 9.18 Å². The molecule has 6 heteroatoms. The van der Waals surface area contributed by atoms with Crippen molar-refractivity contribution in [2.45, 2.75) is 6.61 Å². The van der Waals surface area contributed by atoms with Crippen LogP contribution in [0.4, 0.5) is 4.39 Å². The van der Waals surface area contributed by atoms with Crippen LogP contribution >= 0.6 is 27.5 Å². The van der Waals surface area contributed by atoms with Crippen molar-refractivity contribution in [3.63, 3.8) is 0 Å². The van der Waals surface area contributed by atoms with Gasteiger partial charge in [0.25, 0.3) is 0 Å². The van der Waals surface area contributed by atoms with Crippen LogP contribution in [0.2, 0.25) is 5.02 Å². The fraction of sp³-hybridized carbons (Fsp3) is 0.0714. The van der Waals surface area contributed by atoms with Crippen molar-refractivity contribution < 1.29 is 19.0 Å². The van der Waals surface area contributed by atoms with Gasteiger partial charge in [-0.05, 0) is 42.0 Å². The second-order valence-corrected chi connectivity index (χ2v) is 5.34. The molecule has 2 rings (SSSR count). The van der Waals surface area contributed by atoms with E-state index in [0.29, 0.717) is 16.3 Å². The molecular weight excluding hydrogens is 351 g/mol. The van der Waals surface area contributed by atoms with E-state index in [2.05, 4.69) is 15.9 Å². The number of halogens is 3. The minimum atomic E-state index is -1.19. The Bertz CT molecular complexity index is 661. The molecule has 20 heavy (non-hydrogen) atoms. The molecule has 0 aliphatic rings. The third kappa shape index (κ3) is 3.71. The molecule has 0 saturated carbocycles. The van der Waals surface area contributed by atoms with Gasteiger partial charge >= 0.3 is 5.97 Å². The molecule has 2 aromatic rings. The average Bonchev–Trinajstić information content (AvgIpc) is 2.37. The number of hydrogen-bond donors (Lipinski definition) is 1. The normalized spacial score (nSPS) is 10.3. The first-order valence-corrected chi connectivity index (χ1v) is 6.73. The Morgan fingerprint density at radius 3 is 2.70 bits per heavy atom. The number of carbonyl (C=O) groups is 1. The van der Waals surface area contributed by atoms with E-state index in [1.807, 2.05) is 0 Å². The largest absolute Gasteiger partial charge is 0.487 e. The zero-order valence-electron chi connectivity index (χ0n) is 10.1. The van der Waals surface area contributed by atoms with Crippen LogP contribution in [-0.2, 0) is 6.61 Å². The standard InChI is InChI=1S/C14H9BrClFO3/c15-10-1-2-13(12(16)6-10)20-7-8-3-9(14(18)19)5-11(17)4-8/h1-6H,7H2,(H,18,19). The summed E-state index contributed by atoms with van der Waals surface area (Å²) in [7, 11) is 0. The van der Waals surface area contributed by atoms with Crippen LogP contribution in [0.15, 0.2) is 40.9 Å². The molecular formula is C14H9BrClFO3. The molecule has 0 heterocycles. The SMILES string of the molecule is O=C(O)c1cc(F)cc(COc2ccc(Br)cc2Cl)c1. The predicted molar refractivity (Wildman–Crippen MR) is 76.8 cm³/mol. The highest BCUT2D eigenvalue weighted by Gasteiger charge is 2.08. The number of aromatic carboxylic acids is 1. The number of carboxylic acids is 1. The molecule has 2 aromatic carbocycles. The van der Waals surface area contributed by atoms with Gasteiger partial charge in [0.1, 0.15) is 18.2 Å². The lowest BCUT2D eigenvalue weighted by atomic mass is 10.1. The quantitative estimate of drug-likeness (QED) is 0.873. The highest BCUT2D eigenvalue weighted by molar-refractivity contribution is 9.10.